The minimum atomic E-state index is -3.34. The van der Waals surface area contributed by atoms with Crippen molar-refractivity contribution in [1.29, 1.82) is 0 Å². The van der Waals surface area contributed by atoms with E-state index in [4.69, 9.17) is 4.84 Å². The monoisotopic (exact) mass is 211 g/mol. The van der Waals surface area contributed by atoms with Crippen LogP contribution in [0.25, 0.3) is 0 Å². The van der Waals surface area contributed by atoms with E-state index < -0.39 is 10.0 Å². The second-order valence-corrected chi connectivity index (χ2v) is 4.90. The number of hydrogen-bond donors (Lipinski definition) is 1. The van der Waals surface area contributed by atoms with Gasteiger partial charge >= 0.3 is 0 Å². The van der Waals surface area contributed by atoms with Gasteiger partial charge in [-0.3, -0.25) is 4.84 Å². The van der Waals surface area contributed by atoms with E-state index >= 15 is 0 Å². The van der Waals surface area contributed by atoms with E-state index in [9.17, 15) is 8.42 Å². The highest BCUT2D eigenvalue weighted by Crippen LogP contribution is 1.92. The van der Waals surface area contributed by atoms with E-state index in [1.165, 1.54) is 7.11 Å². The van der Waals surface area contributed by atoms with Gasteiger partial charge in [-0.2, -0.15) is 0 Å². The van der Waals surface area contributed by atoms with Crippen LogP contribution < -0.4 is 4.89 Å². The van der Waals surface area contributed by atoms with Crippen molar-refractivity contribution in [2.45, 2.75) is 13.8 Å². The van der Waals surface area contributed by atoms with E-state index in [0.717, 1.165) is 0 Å². The van der Waals surface area contributed by atoms with E-state index in [0.29, 0.717) is 12.5 Å². The van der Waals surface area contributed by atoms with Crippen molar-refractivity contribution in [1.82, 2.24) is 4.89 Å². The topological polar surface area (TPSA) is 64.6 Å². The first-order valence-electron chi connectivity index (χ1n) is 4.08. The maximum Gasteiger partial charge on any atom is 0.235 e. The SMILES string of the molecule is COCCS(=O)(=O)NOCC(C)C. The lowest BCUT2D eigenvalue weighted by atomic mass is 10.2. The fourth-order valence-electron chi connectivity index (χ4n) is 0.525. The molecule has 0 aliphatic rings. The van der Waals surface area contributed by atoms with Gasteiger partial charge in [0.05, 0.1) is 19.0 Å². The summed E-state index contributed by atoms with van der Waals surface area (Å²) >= 11 is 0. The van der Waals surface area contributed by atoms with Crippen molar-refractivity contribution in [3.05, 3.63) is 0 Å². The summed E-state index contributed by atoms with van der Waals surface area (Å²) in [7, 11) is -1.89. The average molecular weight is 211 g/mol. The van der Waals surface area contributed by atoms with Gasteiger partial charge in [-0.05, 0) is 5.92 Å². The Morgan fingerprint density at radius 1 is 1.38 bits per heavy atom. The maximum absolute atomic E-state index is 11.1. The zero-order chi connectivity index (χ0) is 10.3. The number of sulfonamides is 1. The van der Waals surface area contributed by atoms with E-state index in [1.807, 2.05) is 18.7 Å². The summed E-state index contributed by atoms with van der Waals surface area (Å²) in [4.78, 5) is 6.78. The largest absolute Gasteiger partial charge is 0.384 e. The maximum atomic E-state index is 11.1. The van der Waals surface area contributed by atoms with Gasteiger partial charge in [-0.25, -0.2) is 8.42 Å². The first-order valence-corrected chi connectivity index (χ1v) is 5.73. The van der Waals surface area contributed by atoms with Crippen LogP contribution >= 0.6 is 0 Å². The Bertz CT molecular complexity index is 213. The lowest BCUT2D eigenvalue weighted by molar-refractivity contribution is 0.0713. The molecule has 0 saturated heterocycles. The third kappa shape index (κ3) is 8.17. The van der Waals surface area contributed by atoms with Crippen molar-refractivity contribution in [3.8, 4) is 0 Å². The number of ether oxygens (including phenoxy) is 1. The number of methoxy groups -OCH3 is 1. The molecule has 0 aromatic heterocycles. The van der Waals surface area contributed by atoms with Crippen LogP contribution in [0.5, 0.6) is 0 Å². The molecule has 0 aliphatic heterocycles. The zero-order valence-electron chi connectivity index (χ0n) is 8.24. The minimum absolute atomic E-state index is 0.0818. The van der Waals surface area contributed by atoms with Gasteiger partial charge in [0.1, 0.15) is 0 Å². The second kappa shape index (κ2) is 6.31. The zero-order valence-corrected chi connectivity index (χ0v) is 9.06. The predicted octanol–water partition coefficient (Wildman–Crippen LogP) is 0.140. The second-order valence-electron chi connectivity index (χ2n) is 3.10. The van der Waals surface area contributed by atoms with Crippen LogP contribution in [0.4, 0.5) is 0 Å². The molecule has 0 rings (SSSR count). The molecule has 1 N–H and O–H groups in total. The number of nitrogens with one attached hydrogen (secondary N) is 1. The molecule has 0 heterocycles. The van der Waals surface area contributed by atoms with Crippen molar-refractivity contribution < 1.29 is 18.0 Å². The fraction of sp³-hybridized carbons (Fsp3) is 1.00. The summed E-state index contributed by atoms with van der Waals surface area (Å²) in [6.07, 6.45) is 0. The fourth-order valence-corrected chi connectivity index (χ4v) is 1.24. The van der Waals surface area contributed by atoms with Gasteiger partial charge in [-0.15, -0.1) is 0 Å². The Morgan fingerprint density at radius 2 is 2.00 bits per heavy atom. The van der Waals surface area contributed by atoms with Crippen LogP contribution in [0.2, 0.25) is 0 Å². The molecule has 80 valence electrons. The molecule has 0 bridgehead atoms. The molecule has 0 amide bonds. The summed E-state index contributed by atoms with van der Waals surface area (Å²) in [6, 6.07) is 0. The number of rotatable bonds is 7. The molecule has 0 atom stereocenters. The van der Waals surface area contributed by atoms with Crippen molar-refractivity contribution >= 4 is 10.0 Å². The summed E-state index contributed by atoms with van der Waals surface area (Å²) < 4.78 is 26.7. The lowest BCUT2D eigenvalue weighted by Crippen LogP contribution is -2.29. The quantitative estimate of drug-likeness (QED) is 0.608. The van der Waals surface area contributed by atoms with Crippen molar-refractivity contribution in [2.75, 3.05) is 26.1 Å². The molecule has 0 fully saturated rings. The molecular formula is C7H17NO4S. The van der Waals surface area contributed by atoms with E-state index in [-0.39, 0.29) is 12.4 Å². The molecule has 0 unspecified atom stereocenters. The Kier molecular flexibility index (Phi) is 6.23. The summed E-state index contributed by atoms with van der Waals surface area (Å²) in [5, 5.41) is 0. The van der Waals surface area contributed by atoms with Crippen LogP contribution in [0.15, 0.2) is 0 Å². The molecule has 0 aromatic rings. The van der Waals surface area contributed by atoms with Crippen LogP contribution in [0.3, 0.4) is 0 Å². The van der Waals surface area contributed by atoms with Gasteiger partial charge in [-0.1, -0.05) is 18.7 Å². The van der Waals surface area contributed by atoms with Crippen molar-refractivity contribution in [3.63, 3.8) is 0 Å². The molecule has 6 heteroatoms. The van der Waals surface area contributed by atoms with E-state index in [1.54, 1.807) is 0 Å². The van der Waals surface area contributed by atoms with Crippen molar-refractivity contribution in [2.24, 2.45) is 5.92 Å². The summed E-state index contributed by atoms with van der Waals surface area (Å²) in [5.74, 6) is 0.215. The van der Waals surface area contributed by atoms with Crippen LogP contribution in [0, 0.1) is 5.92 Å². The van der Waals surface area contributed by atoms with Crippen LogP contribution in [-0.2, 0) is 19.6 Å². The highest BCUT2D eigenvalue weighted by molar-refractivity contribution is 7.89. The predicted molar refractivity (Wildman–Crippen MR) is 49.6 cm³/mol. The Hall–Kier alpha value is -0.170. The smallest absolute Gasteiger partial charge is 0.235 e. The molecule has 0 aliphatic carbocycles. The molecule has 0 aromatic carbocycles. The van der Waals surface area contributed by atoms with Gasteiger partial charge < -0.3 is 4.74 Å². The highest BCUT2D eigenvalue weighted by Gasteiger charge is 2.09. The molecular weight excluding hydrogens is 194 g/mol. The standard InChI is InChI=1S/C7H17NO4S/c1-7(2)6-12-8-13(9,10)5-4-11-3/h7-8H,4-6H2,1-3H3. The number of hydrogen-bond acceptors (Lipinski definition) is 4. The summed E-state index contributed by atoms with van der Waals surface area (Å²) in [6.45, 7) is 4.40. The first-order chi connectivity index (χ1) is 5.98. The third-order valence-corrected chi connectivity index (χ3v) is 2.23. The molecule has 0 spiro atoms. The Balaban J connectivity index is 3.64. The average Bonchev–Trinajstić information content (AvgIpc) is 2.00. The third-order valence-electron chi connectivity index (χ3n) is 1.16. The van der Waals surface area contributed by atoms with E-state index in [2.05, 4.69) is 4.74 Å². The van der Waals surface area contributed by atoms with Gasteiger partial charge in [0.15, 0.2) is 0 Å². The summed E-state index contributed by atoms with van der Waals surface area (Å²) in [5.41, 5.74) is 0. The van der Waals surface area contributed by atoms with Gasteiger partial charge in [0, 0.05) is 7.11 Å². The molecule has 5 nitrogen and oxygen atoms in total. The van der Waals surface area contributed by atoms with Gasteiger partial charge in [0.25, 0.3) is 0 Å². The highest BCUT2D eigenvalue weighted by atomic mass is 32.2. The minimum Gasteiger partial charge on any atom is -0.384 e. The normalized spacial score (nSPS) is 12.3. The molecule has 0 saturated carbocycles. The first kappa shape index (κ1) is 12.8. The van der Waals surface area contributed by atoms with Gasteiger partial charge in [0.2, 0.25) is 10.0 Å². The molecule has 0 radical (unpaired) electrons. The Morgan fingerprint density at radius 3 is 2.46 bits per heavy atom. The Labute approximate surface area is 79.4 Å². The van der Waals surface area contributed by atoms with Crippen LogP contribution in [0.1, 0.15) is 13.8 Å². The lowest BCUT2D eigenvalue weighted by Gasteiger charge is -2.07. The van der Waals surface area contributed by atoms with Crippen LogP contribution in [-0.4, -0.2) is 34.5 Å². The molecule has 13 heavy (non-hydrogen) atoms.